The molecule has 168 valence electrons. The van der Waals surface area contributed by atoms with E-state index in [0.717, 1.165) is 11.7 Å². The van der Waals surface area contributed by atoms with Crippen molar-refractivity contribution in [3.05, 3.63) is 76.4 Å². The minimum atomic E-state index is -4.02. The lowest BCUT2D eigenvalue weighted by Gasteiger charge is -2.17. The molecule has 2 N–H and O–H groups in total. The summed E-state index contributed by atoms with van der Waals surface area (Å²) in [7, 11) is -7.44. The van der Waals surface area contributed by atoms with Crippen LogP contribution in [-0.2, 0) is 31.2 Å². The van der Waals surface area contributed by atoms with Gasteiger partial charge in [-0.1, -0.05) is 42.5 Å². The zero-order valence-corrected chi connectivity index (χ0v) is 18.8. The fourth-order valence-electron chi connectivity index (χ4n) is 2.67. The zero-order chi connectivity index (χ0) is 23.1. The van der Waals surface area contributed by atoms with Crippen molar-refractivity contribution in [1.82, 2.24) is 10.0 Å². The van der Waals surface area contributed by atoms with Crippen LogP contribution >= 0.6 is 0 Å². The highest BCUT2D eigenvalue weighted by atomic mass is 32.2. The molecule has 0 bridgehead atoms. The minimum Gasteiger partial charge on any atom is -0.351 e. The highest BCUT2D eigenvalue weighted by Gasteiger charge is 2.24. The van der Waals surface area contributed by atoms with Crippen LogP contribution < -0.4 is 10.0 Å². The van der Waals surface area contributed by atoms with Gasteiger partial charge in [0.25, 0.3) is 0 Å². The molecule has 0 saturated heterocycles. The van der Waals surface area contributed by atoms with Gasteiger partial charge in [-0.15, -0.1) is 0 Å². The molecule has 2 aromatic rings. The van der Waals surface area contributed by atoms with Crippen LogP contribution in [0, 0.1) is 12.7 Å². The SMILES string of the molecule is Cc1cc(CNC(=O)C(CCS(C)(=O)=O)NS(=O)(=O)/C=C/c2ccccc2)ccc1F. The van der Waals surface area contributed by atoms with Gasteiger partial charge in [0.15, 0.2) is 0 Å². The van der Waals surface area contributed by atoms with Crippen molar-refractivity contribution in [1.29, 1.82) is 0 Å². The number of aryl methyl sites for hydroxylation is 1. The summed E-state index contributed by atoms with van der Waals surface area (Å²) in [6.07, 6.45) is 2.15. The Hall–Kier alpha value is -2.56. The van der Waals surface area contributed by atoms with Crippen LogP contribution in [0.5, 0.6) is 0 Å². The Morgan fingerprint density at radius 1 is 1.10 bits per heavy atom. The lowest BCUT2D eigenvalue weighted by atomic mass is 10.1. The Kier molecular flexibility index (Phi) is 8.49. The molecular weight excluding hydrogens is 443 g/mol. The summed E-state index contributed by atoms with van der Waals surface area (Å²) in [4.78, 5) is 12.6. The molecule has 7 nitrogen and oxygen atoms in total. The number of rotatable bonds is 10. The first-order valence-electron chi connectivity index (χ1n) is 9.41. The zero-order valence-electron chi connectivity index (χ0n) is 17.2. The van der Waals surface area contributed by atoms with Gasteiger partial charge in [0, 0.05) is 18.2 Å². The Balaban J connectivity index is 2.11. The number of halogens is 1. The van der Waals surface area contributed by atoms with Crippen molar-refractivity contribution in [3.8, 4) is 0 Å². The van der Waals surface area contributed by atoms with Crippen LogP contribution in [0.3, 0.4) is 0 Å². The lowest BCUT2D eigenvalue weighted by Crippen LogP contribution is -2.46. The van der Waals surface area contributed by atoms with E-state index in [-0.39, 0.29) is 24.5 Å². The molecule has 0 heterocycles. The molecule has 0 fully saturated rings. The van der Waals surface area contributed by atoms with E-state index in [1.54, 1.807) is 43.3 Å². The fraction of sp³-hybridized carbons (Fsp3) is 0.286. The van der Waals surface area contributed by atoms with Gasteiger partial charge in [0.05, 0.1) is 5.75 Å². The third-order valence-electron chi connectivity index (χ3n) is 4.33. The predicted octanol–water partition coefficient (Wildman–Crippen LogP) is 2.14. The van der Waals surface area contributed by atoms with Gasteiger partial charge in [-0.3, -0.25) is 4.79 Å². The van der Waals surface area contributed by atoms with Gasteiger partial charge in [-0.2, -0.15) is 4.72 Å². The average Bonchev–Trinajstić information content (AvgIpc) is 2.70. The van der Waals surface area contributed by atoms with E-state index in [4.69, 9.17) is 0 Å². The smallest absolute Gasteiger partial charge is 0.238 e. The second-order valence-corrected chi connectivity index (χ2v) is 11.0. The van der Waals surface area contributed by atoms with Crippen LogP contribution in [0.15, 0.2) is 53.9 Å². The standard InChI is InChI=1S/C21H25FN2O5S2/c1-16-14-18(8-9-19(16)22)15-23-21(25)20(11-12-30(2,26)27)24-31(28,29)13-10-17-6-4-3-5-7-17/h3-10,13-14,20,24H,11-12,15H2,1-2H3,(H,23,25)/b13-10+. The van der Waals surface area contributed by atoms with Gasteiger partial charge in [-0.05, 0) is 42.2 Å². The molecule has 2 aromatic carbocycles. The Bertz CT molecular complexity index is 1150. The molecular formula is C21H25FN2O5S2. The molecule has 0 aliphatic heterocycles. The van der Waals surface area contributed by atoms with Crippen LogP contribution in [-0.4, -0.2) is 40.8 Å². The summed E-state index contributed by atoms with van der Waals surface area (Å²) >= 11 is 0. The summed E-state index contributed by atoms with van der Waals surface area (Å²) in [5.74, 6) is -1.42. The molecule has 1 atom stereocenters. The second kappa shape index (κ2) is 10.7. The number of hydrogen-bond donors (Lipinski definition) is 2. The fourth-order valence-corrected chi connectivity index (χ4v) is 4.37. The normalized spacial score (nSPS) is 13.3. The number of benzene rings is 2. The van der Waals surface area contributed by atoms with Gasteiger partial charge < -0.3 is 5.32 Å². The van der Waals surface area contributed by atoms with Gasteiger partial charge in [0.1, 0.15) is 21.7 Å². The van der Waals surface area contributed by atoms with Crippen molar-refractivity contribution < 1.29 is 26.0 Å². The van der Waals surface area contributed by atoms with Crippen molar-refractivity contribution in [2.24, 2.45) is 0 Å². The van der Waals surface area contributed by atoms with Crippen molar-refractivity contribution in [2.75, 3.05) is 12.0 Å². The number of amides is 1. The Labute approximate surface area is 182 Å². The van der Waals surface area contributed by atoms with Crippen molar-refractivity contribution >= 4 is 31.8 Å². The van der Waals surface area contributed by atoms with E-state index in [1.807, 2.05) is 0 Å². The summed E-state index contributed by atoms with van der Waals surface area (Å²) in [6, 6.07) is 11.8. The number of carbonyl (C=O) groups is 1. The molecule has 2 rings (SSSR count). The van der Waals surface area contributed by atoms with E-state index >= 15 is 0 Å². The first kappa shape index (κ1) is 24.7. The van der Waals surface area contributed by atoms with Gasteiger partial charge in [0.2, 0.25) is 15.9 Å². The second-order valence-electron chi connectivity index (χ2n) is 7.15. The predicted molar refractivity (Wildman–Crippen MR) is 119 cm³/mol. The maximum Gasteiger partial charge on any atom is 0.238 e. The molecule has 1 amide bonds. The largest absolute Gasteiger partial charge is 0.351 e. The van der Waals surface area contributed by atoms with E-state index in [0.29, 0.717) is 16.7 Å². The topological polar surface area (TPSA) is 109 Å². The first-order valence-corrected chi connectivity index (χ1v) is 13.0. The number of hydrogen-bond acceptors (Lipinski definition) is 5. The first-order chi connectivity index (χ1) is 14.5. The molecule has 10 heteroatoms. The minimum absolute atomic E-state index is 0.0386. The van der Waals surface area contributed by atoms with Crippen LogP contribution in [0.25, 0.3) is 6.08 Å². The van der Waals surface area contributed by atoms with Crippen LogP contribution in [0.1, 0.15) is 23.1 Å². The molecule has 0 aromatic heterocycles. The Morgan fingerprint density at radius 2 is 1.77 bits per heavy atom. The number of nitrogens with one attached hydrogen (secondary N) is 2. The average molecular weight is 469 g/mol. The quantitative estimate of drug-likeness (QED) is 0.555. The maximum atomic E-state index is 13.4. The molecule has 31 heavy (non-hydrogen) atoms. The van der Waals surface area contributed by atoms with Crippen molar-refractivity contribution in [3.63, 3.8) is 0 Å². The van der Waals surface area contributed by atoms with E-state index in [1.165, 1.54) is 18.2 Å². The molecule has 0 aliphatic carbocycles. The molecule has 0 spiro atoms. The highest BCUT2D eigenvalue weighted by molar-refractivity contribution is 7.92. The third-order valence-corrected chi connectivity index (χ3v) is 6.41. The maximum absolute atomic E-state index is 13.4. The summed E-state index contributed by atoms with van der Waals surface area (Å²) in [5, 5.41) is 3.49. The number of sulfonamides is 1. The van der Waals surface area contributed by atoms with E-state index in [9.17, 15) is 26.0 Å². The van der Waals surface area contributed by atoms with Crippen LogP contribution in [0.2, 0.25) is 0 Å². The Morgan fingerprint density at radius 3 is 2.39 bits per heavy atom. The molecule has 0 radical (unpaired) electrons. The van der Waals surface area contributed by atoms with E-state index in [2.05, 4.69) is 10.0 Å². The number of carbonyl (C=O) groups excluding carboxylic acids is 1. The third kappa shape index (κ3) is 8.99. The number of sulfone groups is 1. The summed E-state index contributed by atoms with van der Waals surface area (Å²) < 4.78 is 63.5. The lowest BCUT2D eigenvalue weighted by molar-refractivity contribution is -0.122. The summed E-state index contributed by atoms with van der Waals surface area (Å²) in [5.41, 5.74) is 1.68. The monoisotopic (exact) mass is 468 g/mol. The van der Waals surface area contributed by atoms with Gasteiger partial charge >= 0.3 is 0 Å². The van der Waals surface area contributed by atoms with Crippen LogP contribution in [0.4, 0.5) is 4.39 Å². The molecule has 1 unspecified atom stereocenters. The highest BCUT2D eigenvalue weighted by Crippen LogP contribution is 2.10. The molecule has 0 aliphatic rings. The van der Waals surface area contributed by atoms with E-state index < -0.39 is 31.8 Å². The summed E-state index contributed by atoms with van der Waals surface area (Å²) in [6.45, 7) is 1.62. The van der Waals surface area contributed by atoms with Gasteiger partial charge in [-0.25, -0.2) is 21.2 Å². The van der Waals surface area contributed by atoms with Crippen molar-refractivity contribution in [2.45, 2.75) is 25.9 Å². The molecule has 0 saturated carbocycles.